The summed E-state index contributed by atoms with van der Waals surface area (Å²) in [7, 11) is 9.67. The minimum atomic E-state index is -0.972. The minimum absolute atomic E-state index is 0.245. The fourth-order valence-corrected chi connectivity index (χ4v) is 3.63. The van der Waals surface area contributed by atoms with Gasteiger partial charge in [0, 0.05) is 0 Å². The number of rotatable bonds is 2. The third-order valence-electron chi connectivity index (χ3n) is 2.95. The van der Waals surface area contributed by atoms with E-state index < -0.39 is 20.5 Å². The Bertz CT molecular complexity index is 427. The molecule has 0 bridgehead atoms. The van der Waals surface area contributed by atoms with Crippen LogP contribution in [-0.2, 0) is 20.5 Å². The first-order valence-corrected chi connectivity index (χ1v) is 17.3. The monoisotopic (exact) mass is 463 g/mol. The molecule has 1 aliphatic rings. The molecule has 1 aromatic carbocycles. The molecule has 0 fully saturated rings. The van der Waals surface area contributed by atoms with E-state index in [2.05, 4.69) is 62.5 Å². The van der Waals surface area contributed by atoms with Gasteiger partial charge in [0.1, 0.15) is 0 Å². The van der Waals surface area contributed by atoms with Crippen molar-refractivity contribution in [2.45, 2.75) is 25.6 Å². The quantitative estimate of drug-likeness (QED) is 0.507. The second kappa shape index (κ2) is 8.52. The molecule has 1 aromatic rings. The van der Waals surface area contributed by atoms with Gasteiger partial charge in [-0.05, 0) is 23.6 Å². The molecule has 4 heteroatoms. The van der Waals surface area contributed by atoms with Crippen molar-refractivity contribution in [1.82, 2.24) is 0 Å². The molecule has 1 radical (unpaired) electrons. The van der Waals surface area contributed by atoms with E-state index in [1.165, 1.54) is 16.7 Å². The van der Waals surface area contributed by atoms with Crippen molar-refractivity contribution < 1.29 is 20.5 Å². The standard InChI is InChI=1S/C14H17Si.2ClH.Hf/c1-11-9-13(10-14(11)15(2)3)12-7-5-4-6-8-12;;;/h4-10,14H,1-3H3;2*1H;/q;;;+2/p-2. The molecule has 18 heavy (non-hydrogen) atoms. The molecule has 95 valence electrons. The van der Waals surface area contributed by atoms with Crippen LogP contribution in [0.2, 0.25) is 18.6 Å². The van der Waals surface area contributed by atoms with Crippen LogP contribution in [0.25, 0.3) is 5.57 Å². The summed E-state index contributed by atoms with van der Waals surface area (Å²) < 4.78 is 0. The Morgan fingerprint density at radius 1 is 1.11 bits per heavy atom. The summed E-state index contributed by atoms with van der Waals surface area (Å²) in [4.78, 5) is 0. The van der Waals surface area contributed by atoms with Crippen LogP contribution in [0.5, 0.6) is 0 Å². The molecule has 0 aromatic heterocycles. The summed E-state index contributed by atoms with van der Waals surface area (Å²) in [5.74, 6) is 0. The van der Waals surface area contributed by atoms with Gasteiger partial charge in [-0.1, -0.05) is 61.2 Å². The van der Waals surface area contributed by atoms with Gasteiger partial charge in [0.2, 0.25) is 0 Å². The van der Waals surface area contributed by atoms with Crippen molar-refractivity contribution in [3.8, 4) is 0 Å². The van der Waals surface area contributed by atoms with Crippen molar-refractivity contribution in [1.29, 1.82) is 0 Å². The van der Waals surface area contributed by atoms with E-state index >= 15 is 0 Å². The van der Waals surface area contributed by atoms with E-state index in [4.69, 9.17) is 17.2 Å². The molecule has 0 saturated carbocycles. The van der Waals surface area contributed by atoms with Crippen molar-refractivity contribution in [2.75, 3.05) is 0 Å². The summed E-state index contributed by atoms with van der Waals surface area (Å²) >= 11 is -0.972. The zero-order chi connectivity index (χ0) is 13.5. The van der Waals surface area contributed by atoms with Gasteiger partial charge < -0.3 is 0 Å². The number of hydrogen-bond donors (Lipinski definition) is 0. The zero-order valence-electron chi connectivity index (χ0n) is 10.9. The number of hydrogen-bond acceptors (Lipinski definition) is 0. The fourth-order valence-electron chi connectivity index (χ4n) is 2.13. The predicted molar refractivity (Wildman–Crippen MR) is 81.1 cm³/mol. The van der Waals surface area contributed by atoms with Crippen LogP contribution < -0.4 is 0 Å². The molecule has 1 atom stereocenters. The number of benzene rings is 1. The van der Waals surface area contributed by atoms with Crippen LogP contribution in [0.3, 0.4) is 0 Å². The summed E-state index contributed by atoms with van der Waals surface area (Å²) in [5, 5.41) is 0. The van der Waals surface area contributed by atoms with Gasteiger partial charge in [0.05, 0.1) is 8.80 Å². The van der Waals surface area contributed by atoms with E-state index in [0.717, 1.165) is 5.54 Å². The van der Waals surface area contributed by atoms with Crippen LogP contribution in [0.15, 0.2) is 48.1 Å². The third kappa shape index (κ3) is 4.80. The van der Waals surface area contributed by atoms with E-state index in [-0.39, 0.29) is 8.80 Å². The second-order valence-corrected chi connectivity index (χ2v) is 12.5. The normalized spacial score (nSPS) is 17.8. The van der Waals surface area contributed by atoms with E-state index in [0.29, 0.717) is 0 Å². The molecule has 0 saturated heterocycles. The van der Waals surface area contributed by atoms with Crippen LogP contribution in [0.1, 0.15) is 12.5 Å². The van der Waals surface area contributed by atoms with Crippen LogP contribution in [-0.4, -0.2) is 8.80 Å². The summed E-state index contributed by atoms with van der Waals surface area (Å²) in [6.07, 6.45) is 4.79. The average Bonchev–Trinajstić information content (AvgIpc) is 2.74. The summed E-state index contributed by atoms with van der Waals surface area (Å²) in [6.45, 7) is 7.03. The SMILES string of the molecule is CC1=CC(c2ccccc2)=CC1[Si](C)C.[Cl][Hf][Cl]. The van der Waals surface area contributed by atoms with E-state index in [1.807, 2.05) is 0 Å². The van der Waals surface area contributed by atoms with Gasteiger partial charge in [0.25, 0.3) is 0 Å². The molecule has 0 amide bonds. The van der Waals surface area contributed by atoms with Gasteiger partial charge in [-0.2, -0.15) is 0 Å². The first kappa shape index (κ1) is 16.4. The molecular weight excluding hydrogens is 446 g/mol. The molecule has 2 rings (SSSR count). The zero-order valence-corrected chi connectivity index (χ0v) is 17.0. The van der Waals surface area contributed by atoms with Gasteiger partial charge >= 0.3 is 37.7 Å². The Balaban J connectivity index is 0.000000492. The van der Waals surface area contributed by atoms with Gasteiger partial charge in [-0.25, -0.2) is 0 Å². The van der Waals surface area contributed by atoms with Crippen LogP contribution >= 0.6 is 17.2 Å². The molecule has 0 aliphatic heterocycles. The first-order valence-electron chi connectivity index (χ1n) is 5.82. The summed E-state index contributed by atoms with van der Waals surface area (Å²) in [6, 6.07) is 10.7. The Labute approximate surface area is 130 Å². The molecule has 0 nitrogen and oxygen atoms in total. The van der Waals surface area contributed by atoms with Crippen molar-refractivity contribution in [2.24, 2.45) is 0 Å². The molecule has 1 aliphatic carbocycles. The Morgan fingerprint density at radius 3 is 2.11 bits per heavy atom. The van der Waals surface area contributed by atoms with Gasteiger partial charge in [-0.3, -0.25) is 0 Å². The van der Waals surface area contributed by atoms with E-state index in [1.54, 1.807) is 0 Å². The molecule has 0 heterocycles. The van der Waals surface area contributed by atoms with Crippen molar-refractivity contribution in [3.63, 3.8) is 0 Å². The predicted octanol–water partition coefficient (Wildman–Crippen LogP) is 5.53. The molecule has 0 spiro atoms. The van der Waals surface area contributed by atoms with Gasteiger partial charge in [0.15, 0.2) is 0 Å². The number of allylic oxidation sites excluding steroid dienone is 4. The van der Waals surface area contributed by atoms with Gasteiger partial charge in [-0.15, -0.1) is 0 Å². The second-order valence-electron chi connectivity index (χ2n) is 4.50. The third-order valence-corrected chi connectivity index (χ3v) is 4.82. The van der Waals surface area contributed by atoms with Crippen LogP contribution in [0.4, 0.5) is 0 Å². The molecule has 1 unspecified atom stereocenters. The topological polar surface area (TPSA) is 0 Å². The Kier molecular flexibility index (Phi) is 7.77. The number of halogens is 2. The van der Waals surface area contributed by atoms with Crippen LogP contribution in [0, 0.1) is 0 Å². The fraction of sp³-hybridized carbons (Fsp3) is 0.286. The Morgan fingerprint density at radius 2 is 1.67 bits per heavy atom. The van der Waals surface area contributed by atoms with Crippen molar-refractivity contribution in [3.05, 3.63) is 53.6 Å². The maximum atomic E-state index is 4.96. The molecule has 0 N–H and O–H groups in total. The van der Waals surface area contributed by atoms with E-state index in [9.17, 15) is 0 Å². The average molecular weight is 463 g/mol. The molecular formula is C14H17Cl2HfSi. The summed E-state index contributed by atoms with van der Waals surface area (Å²) in [5.41, 5.74) is 5.02. The maximum absolute atomic E-state index is 4.96. The Hall–Kier alpha value is 0.367. The van der Waals surface area contributed by atoms with Crippen molar-refractivity contribution >= 4 is 31.5 Å². The first-order chi connectivity index (χ1) is 8.60.